The second-order valence-corrected chi connectivity index (χ2v) is 8.99. The number of hydrogen-bond acceptors (Lipinski definition) is 4. The Bertz CT molecular complexity index is 1130. The van der Waals surface area contributed by atoms with Gasteiger partial charge < -0.3 is 20.2 Å². The molecule has 0 bridgehead atoms. The van der Waals surface area contributed by atoms with Crippen molar-refractivity contribution in [3.05, 3.63) is 47.9 Å². The molecule has 0 saturated carbocycles. The van der Waals surface area contributed by atoms with Gasteiger partial charge in [-0.3, -0.25) is 0 Å². The van der Waals surface area contributed by atoms with Crippen molar-refractivity contribution in [1.82, 2.24) is 30.2 Å². The van der Waals surface area contributed by atoms with E-state index in [1.165, 1.54) is 10.9 Å². The Morgan fingerprint density at radius 1 is 1.10 bits per heavy atom. The van der Waals surface area contributed by atoms with E-state index in [0.717, 1.165) is 53.4 Å². The topological polar surface area (TPSA) is 72.6 Å². The quantitative estimate of drug-likeness (QED) is 0.444. The van der Waals surface area contributed by atoms with Gasteiger partial charge in [-0.05, 0) is 56.3 Å². The summed E-state index contributed by atoms with van der Waals surface area (Å²) in [6.07, 6.45) is 1.81. The van der Waals surface area contributed by atoms with Crippen molar-refractivity contribution in [2.75, 3.05) is 27.2 Å². The third kappa shape index (κ3) is 4.33. The lowest BCUT2D eigenvalue weighted by molar-refractivity contribution is 0.232. The van der Waals surface area contributed by atoms with Crippen LogP contribution in [-0.2, 0) is 6.54 Å². The van der Waals surface area contributed by atoms with Crippen LogP contribution in [0, 0.1) is 12.3 Å². The summed E-state index contributed by atoms with van der Waals surface area (Å²) in [5.41, 5.74) is 6.57. The first kappa shape index (κ1) is 19.6. The van der Waals surface area contributed by atoms with Crippen LogP contribution >= 0.6 is 0 Å². The molecule has 0 radical (unpaired) electrons. The summed E-state index contributed by atoms with van der Waals surface area (Å²) in [5.74, 6) is 0.876. The first-order valence-corrected chi connectivity index (χ1v) is 10.1. The standard InChI is InChI=1S/C23H30N6/c1-15-26-21-18(8-9-25-22(21)27-15)20-11-17-10-16(6-7-19(17)28-20)12-24-13-23(2,3)14-29(4)5/h6-11,24,28H,12-14H2,1-5H3,(H,25,26,27). The molecule has 29 heavy (non-hydrogen) atoms. The molecule has 1 aromatic carbocycles. The van der Waals surface area contributed by atoms with Gasteiger partial charge in [-0.1, -0.05) is 19.9 Å². The predicted molar refractivity (Wildman–Crippen MR) is 120 cm³/mol. The van der Waals surface area contributed by atoms with Crippen molar-refractivity contribution in [3.8, 4) is 11.3 Å². The highest BCUT2D eigenvalue weighted by molar-refractivity contribution is 5.94. The lowest BCUT2D eigenvalue weighted by Crippen LogP contribution is -2.37. The minimum absolute atomic E-state index is 0.240. The molecule has 6 nitrogen and oxygen atoms in total. The van der Waals surface area contributed by atoms with Crippen LogP contribution in [0.5, 0.6) is 0 Å². The average molecular weight is 391 g/mol. The van der Waals surface area contributed by atoms with Crippen LogP contribution in [0.15, 0.2) is 36.5 Å². The zero-order valence-corrected chi connectivity index (χ0v) is 17.9. The van der Waals surface area contributed by atoms with Crippen LogP contribution in [0.2, 0.25) is 0 Å². The number of pyridine rings is 1. The molecule has 0 atom stereocenters. The Morgan fingerprint density at radius 3 is 2.72 bits per heavy atom. The fourth-order valence-corrected chi connectivity index (χ4v) is 4.15. The van der Waals surface area contributed by atoms with Gasteiger partial charge in [0.05, 0.1) is 5.52 Å². The van der Waals surface area contributed by atoms with Crippen molar-refractivity contribution in [2.24, 2.45) is 5.41 Å². The molecule has 3 N–H and O–H groups in total. The van der Waals surface area contributed by atoms with Crippen LogP contribution in [-0.4, -0.2) is 52.0 Å². The van der Waals surface area contributed by atoms with Gasteiger partial charge in [0.15, 0.2) is 5.65 Å². The Kier molecular flexibility index (Phi) is 5.15. The molecule has 152 valence electrons. The number of nitrogens with one attached hydrogen (secondary N) is 3. The van der Waals surface area contributed by atoms with Gasteiger partial charge >= 0.3 is 0 Å². The fourth-order valence-electron chi connectivity index (χ4n) is 4.15. The maximum atomic E-state index is 4.45. The Labute approximate surface area is 171 Å². The number of rotatable bonds is 7. The number of aromatic nitrogens is 4. The van der Waals surface area contributed by atoms with Crippen LogP contribution in [0.25, 0.3) is 33.3 Å². The fraction of sp³-hybridized carbons (Fsp3) is 0.391. The smallest absolute Gasteiger partial charge is 0.178 e. The summed E-state index contributed by atoms with van der Waals surface area (Å²) in [5, 5.41) is 4.83. The van der Waals surface area contributed by atoms with E-state index < -0.39 is 0 Å². The molecule has 0 aliphatic carbocycles. The van der Waals surface area contributed by atoms with E-state index >= 15 is 0 Å². The minimum atomic E-state index is 0.240. The number of fused-ring (bicyclic) bond motifs is 2. The summed E-state index contributed by atoms with van der Waals surface area (Å²) in [4.78, 5) is 17.9. The first-order valence-electron chi connectivity index (χ1n) is 10.1. The third-order valence-electron chi connectivity index (χ3n) is 5.16. The summed E-state index contributed by atoms with van der Waals surface area (Å²) in [6, 6.07) is 10.9. The number of aromatic amines is 2. The molecule has 4 aromatic rings. The second-order valence-electron chi connectivity index (χ2n) is 8.99. The Morgan fingerprint density at radius 2 is 1.93 bits per heavy atom. The number of aryl methyl sites for hydroxylation is 1. The SMILES string of the molecule is Cc1nc2nccc(-c3cc4cc(CNCC(C)(C)CN(C)C)ccc4[nH]3)c2[nH]1. The highest BCUT2D eigenvalue weighted by Gasteiger charge is 2.18. The van der Waals surface area contributed by atoms with E-state index in [0.29, 0.717) is 0 Å². The average Bonchev–Trinajstić information content (AvgIpc) is 3.21. The van der Waals surface area contributed by atoms with Crippen LogP contribution < -0.4 is 5.32 Å². The lowest BCUT2D eigenvalue weighted by Gasteiger charge is -2.28. The number of benzene rings is 1. The molecule has 6 heteroatoms. The van der Waals surface area contributed by atoms with E-state index in [9.17, 15) is 0 Å². The van der Waals surface area contributed by atoms with Crippen molar-refractivity contribution < 1.29 is 0 Å². The molecule has 0 saturated heterocycles. The highest BCUT2D eigenvalue weighted by Crippen LogP contribution is 2.29. The van der Waals surface area contributed by atoms with Gasteiger partial charge in [0.1, 0.15) is 5.82 Å². The second kappa shape index (κ2) is 7.61. The molecule has 0 unspecified atom stereocenters. The van der Waals surface area contributed by atoms with E-state index in [4.69, 9.17) is 0 Å². The van der Waals surface area contributed by atoms with Gasteiger partial charge in [-0.25, -0.2) is 9.97 Å². The summed E-state index contributed by atoms with van der Waals surface area (Å²) in [6.45, 7) is 9.47. The summed E-state index contributed by atoms with van der Waals surface area (Å²) < 4.78 is 0. The third-order valence-corrected chi connectivity index (χ3v) is 5.16. The largest absolute Gasteiger partial charge is 0.354 e. The summed E-state index contributed by atoms with van der Waals surface area (Å²) >= 11 is 0. The van der Waals surface area contributed by atoms with Crippen LogP contribution in [0.4, 0.5) is 0 Å². The number of H-pyrrole nitrogens is 2. The normalized spacial score (nSPS) is 12.5. The van der Waals surface area contributed by atoms with E-state index in [1.807, 2.05) is 19.2 Å². The zero-order chi connectivity index (χ0) is 20.6. The van der Waals surface area contributed by atoms with Gasteiger partial charge in [0.25, 0.3) is 0 Å². The van der Waals surface area contributed by atoms with Crippen LogP contribution in [0.1, 0.15) is 25.2 Å². The predicted octanol–water partition coefficient (Wildman–Crippen LogP) is 4.09. The first-order chi connectivity index (χ1) is 13.8. The summed E-state index contributed by atoms with van der Waals surface area (Å²) in [7, 11) is 4.25. The Balaban J connectivity index is 1.53. The molecule has 0 amide bonds. The maximum absolute atomic E-state index is 4.45. The van der Waals surface area contributed by atoms with Gasteiger partial charge in [-0.15, -0.1) is 0 Å². The monoisotopic (exact) mass is 390 g/mol. The molecule has 4 rings (SSSR count). The maximum Gasteiger partial charge on any atom is 0.178 e. The molecular weight excluding hydrogens is 360 g/mol. The molecule has 0 fully saturated rings. The van der Waals surface area contributed by atoms with Gasteiger partial charge in [0.2, 0.25) is 0 Å². The number of nitrogens with zero attached hydrogens (tertiary/aromatic N) is 3. The van der Waals surface area contributed by atoms with E-state index in [2.05, 4.69) is 82.4 Å². The molecule has 0 aliphatic rings. The lowest BCUT2D eigenvalue weighted by atomic mass is 9.93. The van der Waals surface area contributed by atoms with E-state index in [1.54, 1.807) is 0 Å². The molecular formula is C23H30N6. The van der Waals surface area contributed by atoms with Gasteiger partial charge in [-0.2, -0.15) is 0 Å². The van der Waals surface area contributed by atoms with Crippen molar-refractivity contribution in [3.63, 3.8) is 0 Å². The molecule has 3 heterocycles. The zero-order valence-electron chi connectivity index (χ0n) is 17.9. The molecule has 0 spiro atoms. The molecule has 3 aromatic heterocycles. The van der Waals surface area contributed by atoms with Crippen molar-refractivity contribution in [1.29, 1.82) is 0 Å². The highest BCUT2D eigenvalue weighted by atomic mass is 15.1. The number of hydrogen-bond donors (Lipinski definition) is 3. The molecule has 0 aliphatic heterocycles. The minimum Gasteiger partial charge on any atom is -0.354 e. The number of imidazole rings is 1. The van der Waals surface area contributed by atoms with Crippen molar-refractivity contribution >= 4 is 22.1 Å². The Hall–Kier alpha value is -2.70. The van der Waals surface area contributed by atoms with Crippen LogP contribution in [0.3, 0.4) is 0 Å². The van der Waals surface area contributed by atoms with Gasteiger partial charge in [0, 0.05) is 48.0 Å². The van der Waals surface area contributed by atoms with E-state index in [-0.39, 0.29) is 5.41 Å². The van der Waals surface area contributed by atoms with Crippen molar-refractivity contribution in [2.45, 2.75) is 27.3 Å².